The van der Waals surface area contributed by atoms with Gasteiger partial charge in [-0.3, -0.25) is 4.79 Å². The molecule has 0 atom stereocenters. The average Bonchev–Trinajstić information content (AvgIpc) is 2.64. The van der Waals surface area contributed by atoms with Gasteiger partial charge in [0.2, 0.25) is 0 Å². The Hall–Kier alpha value is -0.642. The number of carbonyl (C=O) groups excluding carboxylic acids is 2. The van der Waals surface area contributed by atoms with E-state index in [0.29, 0.717) is 12.2 Å². The van der Waals surface area contributed by atoms with E-state index in [4.69, 9.17) is 4.74 Å². The van der Waals surface area contributed by atoms with Gasteiger partial charge in [-0.1, -0.05) is 26.8 Å². The number of nitrogens with zero attached hydrogens (tertiary/aromatic N) is 2. The maximum absolute atomic E-state index is 11.2. The van der Waals surface area contributed by atoms with Crippen molar-refractivity contribution in [3.8, 4) is 0 Å². The fourth-order valence-electron chi connectivity index (χ4n) is 2.77. The Morgan fingerprint density at radius 3 is 1.92 bits per heavy atom. The molecule has 2 rings (SSSR count). The van der Waals surface area contributed by atoms with Crippen molar-refractivity contribution in [1.82, 2.24) is 9.80 Å². The molecule has 6 heteroatoms. The first-order chi connectivity index (χ1) is 12.1. The molecule has 144 valence electrons. The molecule has 25 heavy (non-hydrogen) atoms. The van der Waals surface area contributed by atoms with Crippen LogP contribution >= 0.6 is 0 Å². The number of carbonyl (C=O) groups is 2. The van der Waals surface area contributed by atoms with Gasteiger partial charge in [0.25, 0.3) is 0 Å². The minimum atomic E-state index is 0.134. The maximum atomic E-state index is 11.2. The van der Waals surface area contributed by atoms with E-state index >= 15 is 0 Å². The third-order valence-electron chi connectivity index (χ3n) is 4.21. The van der Waals surface area contributed by atoms with Crippen molar-refractivity contribution in [1.29, 1.82) is 0 Å². The van der Waals surface area contributed by atoms with Crippen LogP contribution in [0, 0.1) is 0 Å². The standard InChI is InChI=1S/C12H21AsN2O2.C5H8O.C2H6/c1-14-6-2-10(3-7-14)17-11-4-8-15(9-5-11)12(13)16;1-2-3-4-5-6;1-2/h10-11H,2-9H2,1H3;3-5H,2H2,1H3;1-2H3/b;4-3+;. The van der Waals surface area contributed by atoms with Crippen LogP contribution in [-0.2, 0) is 9.53 Å². The molecule has 0 saturated carbocycles. The second-order valence-corrected chi connectivity index (χ2v) is 6.88. The minimum absolute atomic E-state index is 0.134. The summed E-state index contributed by atoms with van der Waals surface area (Å²) in [6, 6.07) is 0. The fraction of sp³-hybridized carbons (Fsp3) is 0.789. The zero-order valence-corrected chi connectivity index (χ0v) is 18.2. The van der Waals surface area contributed by atoms with E-state index in [1.807, 2.05) is 31.7 Å². The Kier molecular flexibility index (Phi) is 15.2. The Morgan fingerprint density at radius 1 is 1.08 bits per heavy atom. The van der Waals surface area contributed by atoms with E-state index in [9.17, 15) is 9.59 Å². The summed E-state index contributed by atoms with van der Waals surface area (Å²) in [7, 11) is 2.17. The Balaban J connectivity index is 0.000000614. The number of amides is 1. The molecule has 0 aromatic rings. The molecule has 0 spiro atoms. The third-order valence-corrected chi connectivity index (χ3v) is 4.81. The second kappa shape index (κ2) is 15.6. The summed E-state index contributed by atoms with van der Waals surface area (Å²) in [6.45, 7) is 9.98. The van der Waals surface area contributed by atoms with Gasteiger partial charge in [0.15, 0.2) is 0 Å². The second-order valence-electron chi connectivity index (χ2n) is 6.08. The van der Waals surface area contributed by atoms with E-state index in [0.717, 1.165) is 64.6 Å². The van der Waals surface area contributed by atoms with Crippen LogP contribution in [0.25, 0.3) is 0 Å². The molecule has 2 aliphatic heterocycles. The number of rotatable bonds is 4. The van der Waals surface area contributed by atoms with Gasteiger partial charge in [-0.05, 0) is 12.5 Å². The van der Waals surface area contributed by atoms with Gasteiger partial charge in [0.1, 0.15) is 6.29 Å². The fourth-order valence-corrected chi connectivity index (χ4v) is 3.19. The molecule has 0 aromatic carbocycles. The quantitative estimate of drug-likeness (QED) is 0.403. The molecule has 0 bridgehead atoms. The number of hydrogen-bond donors (Lipinski definition) is 0. The van der Waals surface area contributed by atoms with Gasteiger partial charge in [-0.25, -0.2) is 0 Å². The molecule has 1 amide bonds. The van der Waals surface area contributed by atoms with Gasteiger partial charge in [-0.15, -0.1) is 0 Å². The van der Waals surface area contributed by atoms with Gasteiger partial charge in [0.05, 0.1) is 0 Å². The summed E-state index contributed by atoms with van der Waals surface area (Å²) >= 11 is 2.10. The summed E-state index contributed by atoms with van der Waals surface area (Å²) in [4.78, 5) is 24.9. The van der Waals surface area contributed by atoms with Crippen LogP contribution in [-0.4, -0.2) is 83.1 Å². The van der Waals surface area contributed by atoms with Crippen molar-refractivity contribution in [2.45, 2.75) is 65.1 Å². The Bertz CT molecular complexity index is 375. The molecule has 0 aromatic heterocycles. The molecule has 2 radical (unpaired) electrons. The van der Waals surface area contributed by atoms with Gasteiger partial charge >= 0.3 is 112 Å². The number of likely N-dealkylation sites (tertiary alicyclic amines) is 2. The van der Waals surface area contributed by atoms with Crippen LogP contribution in [0.2, 0.25) is 0 Å². The zero-order chi connectivity index (χ0) is 19.1. The van der Waals surface area contributed by atoms with Crippen molar-refractivity contribution in [3.05, 3.63) is 12.2 Å². The van der Waals surface area contributed by atoms with Crippen LogP contribution in [0.4, 0.5) is 4.79 Å². The molecule has 2 saturated heterocycles. The van der Waals surface area contributed by atoms with E-state index in [-0.39, 0.29) is 4.69 Å². The van der Waals surface area contributed by atoms with Crippen molar-refractivity contribution >= 4 is 27.8 Å². The summed E-state index contributed by atoms with van der Waals surface area (Å²) < 4.78 is 6.27. The topological polar surface area (TPSA) is 49.9 Å². The summed E-state index contributed by atoms with van der Waals surface area (Å²) in [5, 5.41) is 0. The zero-order valence-electron chi connectivity index (χ0n) is 16.3. The summed E-state index contributed by atoms with van der Waals surface area (Å²) in [6.07, 6.45) is 10.1. The number of allylic oxidation sites excluding steroid dienone is 2. The van der Waals surface area contributed by atoms with E-state index < -0.39 is 0 Å². The number of piperidine rings is 2. The predicted molar refractivity (Wildman–Crippen MR) is 104 cm³/mol. The van der Waals surface area contributed by atoms with E-state index in [2.05, 4.69) is 28.8 Å². The molecule has 0 aliphatic carbocycles. The SMILES string of the molecule is CC.CC/C=C/C=O.CN1CCC(OC2CCN(C(=O)[As])CC2)CC1. The van der Waals surface area contributed by atoms with Crippen LogP contribution < -0.4 is 0 Å². The first-order valence-corrected chi connectivity index (χ1v) is 10.4. The van der Waals surface area contributed by atoms with Crippen molar-refractivity contribution in [2.75, 3.05) is 33.2 Å². The van der Waals surface area contributed by atoms with E-state index in [1.54, 1.807) is 0 Å². The van der Waals surface area contributed by atoms with E-state index in [1.165, 1.54) is 6.08 Å². The Morgan fingerprint density at radius 2 is 1.56 bits per heavy atom. The molecule has 2 heterocycles. The molecule has 5 nitrogen and oxygen atoms in total. The van der Waals surface area contributed by atoms with Crippen molar-refractivity contribution < 1.29 is 14.3 Å². The molecule has 0 N–H and O–H groups in total. The average molecular weight is 414 g/mol. The summed E-state index contributed by atoms with van der Waals surface area (Å²) in [5.41, 5.74) is 0. The van der Waals surface area contributed by atoms with Crippen LogP contribution in [0.15, 0.2) is 12.2 Å². The van der Waals surface area contributed by atoms with Crippen molar-refractivity contribution in [3.63, 3.8) is 0 Å². The van der Waals surface area contributed by atoms with Gasteiger partial charge in [0, 0.05) is 0 Å². The molecule has 2 aliphatic rings. The van der Waals surface area contributed by atoms with Crippen LogP contribution in [0.3, 0.4) is 0 Å². The molecular formula is C19H35AsN2O3. The van der Waals surface area contributed by atoms with Gasteiger partial charge in [-0.2, -0.15) is 0 Å². The molecule has 2 fully saturated rings. The van der Waals surface area contributed by atoms with Crippen LogP contribution in [0.1, 0.15) is 52.9 Å². The number of ether oxygens (including phenoxy) is 1. The number of aldehydes is 1. The normalized spacial score (nSPS) is 19.6. The predicted octanol–water partition coefficient (Wildman–Crippen LogP) is 3.03. The molecular weight excluding hydrogens is 379 g/mol. The first-order valence-electron chi connectivity index (χ1n) is 9.49. The summed E-state index contributed by atoms with van der Waals surface area (Å²) in [5.74, 6) is 0. The van der Waals surface area contributed by atoms with Crippen LogP contribution in [0.5, 0.6) is 0 Å². The first kappa shape index (κ1) is 24.4. The molecule has 0 unspecified atom stereocenters. The van der Waals surface area contributed by atoms with Crippen molar-refractivity contribution in [2.24, 2.45) is 0 Å². The van der Waals surface area contributed by atoms with Gasteiger partial charge < -0.3 is 0 Å². The monoisotopic (exact) mass is 414 g/mol. The number of hydrogen-bond acceptors (Lipinski definition) is 4. The Labute approximate surface area is 162 Å². The third kappa shape index (κ3) is 11.6.